The molecule has 0 spiro atoms. The molecule has 3 aromatic rings. The van der Waals surface area contributed by atoms with Crippen LogP contribution in [0.2, 0.25) is 0 Å². The van der Waals surface area contributed by atoms with Crippen LogP contribution in [0.5, 0.6) is 0 Å². The van der Waals surface area contributed by atoms with E-state index in [9.17, 15) is 4.79 Å². The highest BCUT2D eigenvalue weighted by Gasteiger charge is 2.08. The zero-order chi connectivity index (χ0) is 17.6. The van der Waals surface area contributed by atoms with Crippen LogP contribution >= 0.6 is 0 Å². The molecule has 1 amide bonds. The number of allylic oxidation sites excluding steroid dienone is 1. The van der Waals surface area contributed by atoms with Crippen LogP contribution in [0, 0.1) is 5.41 Å². The molecular formula is C18H15N5O2. The van der Waals surface area contributed by atoms with E-state index in [-0.39, 0.29) is 6.01 Å². The number of nitrogens with one attached hydrogen (secondary N) is 2. The third-order valence-corrected chi connectivity index (χ3v) is 3.44. The number of nitrogens with two attached hydrogens (primary N) is 1. The summed E-state index contributed by atoms with van der Waals surface area (Å²) in [7, 11) is 0. The predicted molar refractivity (Wildman–Crippen MR) is 96.9 cm³/mol. The van der Waals surface area contributed by atoms with Crippen molar-refractivity contribution in [2.24, 2.45) is 5.73 Å². The molecule has 0 unspecified atom stereocenters. The van der Waals surface area contributed by atoms with Crippen LogP contribution in [-0.2, 0) is 4.79 Å². The van der Waals surface area contributed by atoms with Crippen molar-refractivity contribution in [1.29, 1.82) is 5.41 Å². The van der Waals surface area contributed by atoms with Crippen LogP contribution in [0.1, 0.15) is 11.1 Å². The molecule has 1 aromatic carbocycles. The number of aromatic nitrogens is 2. The first-order valence-electron chi connectivity index (χ1n) is 7.42. The maximum atomic E-state index is 12.1. The Balaban J connectivity index is 1.78. The van der Waals surface area contributed by atoms with E-state index in [1.807, 2.05) is 12.1 Å². The highest BCUT2D eigenvalue weighted by molar-refractivity contribution is 6.10. The number of anilines is 1. The molecule has 124 valence electrons. The van der Waals surface area contributed by atoms with E-state index in [1.165, 1.54) is 12.3 Å². The molecule has 2 heterocycles. The largest absolute Gasteiger partial charge is 0.423 e. The summed E-state index contributed by atoms with van der Waals surface area (Å²) in [4.78, 5) is 20.3. The molecule has 7 heteroatoms. The maximum absolute atomic E-state index is 12.1. The Morgan fingerprint density at radius 1 is 1.28 bits per heavy atom. The molecule has 2 aromatic heterocycles. The number of hydrogen-bond donors (Lipinski definition) is 3. The monoisotopic (exact) mass is 333 g/mol. The molecule has 0 fully saturated rings. The first-order chi connectivity index (χ1) is 12.2. The average Bonchev–Trinajstić information content (AvgIpc) is 3.04. The Hall–Kier alpha value is -3.74. The Kier molecular flexibility index (Phi) is 4.66. The van der Waals surface area contributed by atoms with E-state index in [2.05, 4.69) is 15.3 Å². The molecule has 0 saturated heterocycles. The first kappa shape index (κ1) is 16.1. The Labute approximate surface area is 143 Å². The number of pyridine rings is 1. The fraction of sp³-hybridized carbons (Fsp3) is 0. The van der Waals surface area contributed by atoms with Crippen molar-refractivity contribution in [3.05, 3.63) is 66.1 Å². The highest BCUT2D eigenvalue weighted by Crippen LogP contribution is 2.19. The molecule has 0 aliphatic carbocycles. The van der Waals surface area contributed by atoms with Crippen molar-refractivity contribution in [2.75, 3.05) is 5.32 Å². The van der Waals surface area contributed by atoms with Gasteiger partial charge in [-0.1, -0.05) is 12.1 Å². The van der Waals surface area contributed by atoms with Crippen LogP contribution in [0.15, 0.2) is 59.4 Å². The van der Waals surface area contributed by atoms with Gasteiger partial charge in [-0.25, -0.2) is 0 Å². The van der Waals surface area contributed by atoms with Crippen LogP contribution in [-0.4, -0.2) is 22.1 Å². The van der Waals surface area contributed by atoms with Gasteiger partial charge in [0.2, 0.25) is 0 Å². The van der Waals surface area contributed by atoms with Crippen LogP contribution in [0.4, 0.5) is 6.01 Å². The zero-order valence-corrected chi connectivity index (χ0v) is 13.1. The molecule has 0 bridgehead atoms. The van der Waals surface area contributed by atoms with E-state index >= 15 is 0 Å². The lowest BCUT2D eigenvalue weighted by molar-refractivity contribution is -0.112. The molecular weight excluding hydrogens is 318 g/mol. The van der Waals surface area contributed by atoms with Gasteiger partial charge in [0.1, 0.15) is 5.52 Å². The van der Waals surface area contributed by atoms with E-state index in [1.54, 1.807) is 36.7 Å². The summed E-state index contributed by atoms with van der Waals surface area (Å²) in [5.41, 5.74) is 8.68. The second-order valence-corrected chi connectivity index (χ2v) is 5.04. The molecule has 0 aliphatic rings. The fourth-order valence-corrected chi connectivity index (χ4v) is 2.26. The molecule has 25 heavy (non-hydrogen) atoms. The molecule has 3 rings (SSSR count). The number of oxazole rings is 1. The van der Waals surface area contributed by atoms with Crippen molar-refractivity contribution in [3.63, 3.8) is 0 Å². The van der Waals surface area contributed by atoms with Crippen molar-refractivity contribution >= 4 is 40.9 Å². The topological polar surface area (TPSA) is 118 Å². The highest BCUT2D eigenvalue weighted by atomic mass is 16.4. The van der Waals surface area contributed by atoms with Gasteiger partial charge in [0.05, 0.1) is 0 Å². The lowest BCUT2D eigenvalue weighted by Gasteiger charge is -2.04. The lowest BCUT2D eigenvalue weighted by Crippen LogP contribution is -2.08. The van der Waals surface area contributed by atoms with E-state index in [4.69, 9.17) is 15.6 Å². The van der Waals surface area contributed by atoms with E-state index in [0.29, 0.717) is 27.8 Å². The number of para-hydroxylation sites is 2. The van der Waals surface area contributed by atoms with E-state index < -0.39 is 5.91 Å². The van der Waals surface area contributed by atoms with Gasteiger partial charge >= 0.3 is 6.01 Å². The van der Waals surface area contributed by atoms with E-state index in [0.717, 1.165) is 6.21 Å². The fourth-order valence-electron chi connectivity index (χ4n) is 2.26. The summed E-state index contributed by atoms with van der Waals surface area (Å²) in [5.74, 6) is -0.394. The summed E-state index contributed by atoms with van der Waals surface area (Å²) >= 11 is 0. The third-order valence-electron chi connectivity index (χ3n) is 3.44. The van der Waals surface area contributed by atoms with Gasteiger partial charge in [0, 0.05) is 42.0 Å². The number of nitrogens with zero attached hydrogens (tertiary/aromatic N) is 2. The normalized spacial score (nSPS) is 11.8. The number of hydrogen-bond acceptors (Lipinski definition) is 6. The number of rotatable bonds is 5. The van der Waals surface area contributed by atoms with Gasteiger partial charge in [-0.15, -0.1) is 0 Å². The predicted octanol–water partition coefficient (Wildman–Crippen LogP) is 2.82. The van der Waals surface area contributed by atoms with Gasteiger partial charge in [0.25, 0.3) is 5.91 Å². The van der Waals surface area contributed by atoms with Crippen molar-refractivity contribution in [1.82, 2.24) is 9.97 Å². The lowest BCUT2D eigenvalue weighted by atomic mass is 10.0. The summed E-state index contributed by atoms with van der Waals surface area (Å²) in [5, 5.41) is 9.96. The smallest absolute Gasteiger partial charge is 0.302 e. The molecule has 4 N–H and O–H groups in total. The minimum absolute atomic E-state index is 0.129. The van der Waals surface area contributed by atoms with Gasteiger partial charge in [-0.05, 0) is 29.8 Å². The van der Waals surface area contributed by atoms with Crippen molar-refractivity contribution in [3.8, 4) is 0 Å². The van der Waals surface area contributed by atoms with Crippen LogP contribution in [0.3, 0.4) is 0 Å². The summed E-state index contributed by atoms with van der Waals surface area (Å²) in [6, 6.07) is 9.09. The van der Waals surface area contributed by atoms with Crippen molar-refractivity contribution in [2.45, 2.75) is 0 Å². The van der Waals surface area contributed by atoms with Gasteiger partial charge in [0.15, 0.2) is 5.58 Å². The Morgan fingerprint density at radius 2 is 2.12 bits per heavy atom. The molecule has 7 nitrogen and oxygen atoms in total. The second-order valence-electron chi connectivity index (χ2n) is 5.04. The van der Waals surface area contributed by atoms with Crippen LogP contribution in [0.25, 0.3) is 22.7 Å². The van der Waals surface area contributed by atoms with Gasteiger partial charge < -0.3 is 15.6 Å². The summed E-state index contributed by atoms with van der Waals surface area (Å²) in [6.07, 6.45) is 8.59. The molecule has 0 saturated carbocycles. The van der Waals surface area contributed by atoms with Crippen molar-refractivity contribution < 1.29 is 9.21 Å². The first-order valence-corrected chi connectivity index (χ1v) is 7.42. The Morgan fingerprint density at radius 3 is 2.88 bits per heavy atom. The number of amides is 1. The van der Waals surface area contributed by atoms with Crippen LogP contribution < -0.4 is 11.1 Å². The maximum Gasteiger partial charge on any atom is 0.302 e. The molecule has 0 aliphatic heterocycles. The number of fused-ring (bicyclic) bond motifs is 1. The second kappa shape index (κ2) is 7.22. The molecule has 0 atom stereocenters. The number of benzene rings is 1. The minimum Gasteiger partial charge on any atom is -0.423 e. The quantitative estimate of drug-likeness (QED) is 0.490. The SMILES string of the molecule is N=CC(=CN)c1ccncc1/C=C/C(=O)Nc1nc2ccccc2o1. The number of carbonyl (C=O) groups is 1. The zero-order valence-electron chi connectivity index (χ0n) is 13.1. The summed E-state index contributed by atoms with van der Waals surface area (Å²) < 4.78 is 5.44. The van der Waals surface area contributed by atoms with Gasteiger partial charge in [-0.2, -0.15) is 4.98 Å². The van der Waals surface area contributed by atoms with Gasteiger partial charge in [-0.3, -0.25) is 15.1 Å². The summed E-state index contributed by atoms with van der Waals surface area (Å²) in [6.45, 7) is 0. The third kappa shape index (κ3) is 3.61. The molecule has 0 radical (unpaired) electrons. The average molecular weight is 333 g/mol. The number of carbonyl (C=O) groups excluding carboxylic acids is 1. The minimum atomic E-state index is -0.394. The Bertz CT molecular complexity index is 955. The standard InChI is InChI=1S/C18H15N5O2/c19-9-13(10-20)14-7-8-21-11-12(14)5-6-17(24)23-18-22-15-3-1-2-4-16(15)25-18/h1-11,19H,20H2,(H,22,23,24)/b6-5+,13-10?,19-9?.